The van der Waals surface area contributed by atoms with Gasteiger partial charge in [0, 0.05) is 4.47 Å². The van der Waals surface area contributed by atoms with Crippen LogP contribution in [0.5, 0.6) is 0 Å². The molecule has 0 aliphatic carbocycles. The van der Waals surface area contributed by atoms with Crippen molar-refractivity contribution in [1.29, 1.82) is 0 Å². The van der Waals surface area contributed by atoms with Crippen molar-refractivity contribution in [3.63, 3.8) is 0 Å². The molecule has 2 aromatic rings. The summed E-state index contributed by atoms with van der Waals surface area (Å²) in [5.74, 6) is 0. The minimum Gasteiger partial charge on any atom is -0.297 e. The molecule has 0 aliphatic heterocycles. The van der Waals surface area contributed by atoms with Crippen LogP contribution in [0.4, 0.5) is 0 Å². The smallest absolute Gasteiger partial charge is 0.297 e. The second-order valence-corrected chi connectivity index (χ2v) is 5.51. The average Bonchev–Trinajstić information content (AvgIpc) is 2.33. The van der Waals surface area contributed by atoms with Crippen molar-refractivity contribution < 1.29 is 0 Å². The molecule has 0 unspecified atom stereocenters. The number of halogens is 3. The van der Waals surface area contributed by atoms with E-state index in [1.165, 1.54) is 0 Å². The molecule has 100 valence electrons. The van der Waals surface area contributed by atoms with Crippen molar-refractivity contribution in [1.82, 2.24) is 9.55 Å². The Kier molecular flexibility index (Phi) is 4.18. The Hall–Kier alpha value is -1.04. The topological polar surface area (TPSA) is 54.9 Å². The molecule has 0 fully saturated rings. The van der Waals surface area contributed by atoms with Crippen LogP contribution in [-0.2, 0) is 6.42 Å². The molecule has 0 saturated carbocycles. The highest BCUT2D eigenvalue weighted by Crippen LogP contribution is 2.23. The standard InChI is InChI=1S/C12H9BrCl2N2O2/c1-2-7-10(15)16-12(19)17(11(7)18)9-5-6(13)3-4-8(9)14/h3-5H,2H2,1H3,(H,16,19). The van der Waals surface area contributed by atoms with Crippen LogP contribution < -0.4 is 11.2 Å². The van der Waals surface area contributed by atoms with E-state index >= 15 is 0 Å². The molecule has 0 aliphatic rings. The van der Waals surface area contributed by atoms with Gasteiger partial charge >= 0.3 is 5.69 Å². The molecule has 4 nitrogen and oxygen atoms in total. The maximum absolute atomic E-state index is 12.3. The van der Waals surface area contributed by atoms with E-state index in [1.54, 1.807) is 25.1 Å². The van der Waals surface area contributed by atoms with Crippen molar-refractivity contribution in [3.05, 3.63) is 59.2 Å². The molecule has 0 amide bonds. The van der Waals surface area contributed by atoms with Crippen LogP contribution in [0.15, 0.2) is 32.3 Å². The molecule has 19 heavy (non-hydrogen) atoms. The van der Waals surface area contributed by atoms with Gasteiger partial charge in [0.15, 0.2) is 0 Å². The first kappa shape index (κ1) is 14.4. The Morgan fingerprint density at radius 2 is 2.00 bits per heavy atom. The third-order valence-electron chi connectivity index (χ3n) is 2.65. The van der Waals surface area contributed by atoms with Gasteiger partial charge in [-0.05, 0) is 24.6 Å². The Morgan fingerprint density at radius 3 is 2.63 bits per heavy atom. The third-order valence-corrected chi connectivity index (χ3v) is 3.78. The first-order valence-corrected chi connectivity index (χ1v) is 6.99. The van der Waals surface area contributed by atoms with Crippen molar-refractivity contribution in [3.8, 4) is 5.69 Å². The summed E-state index contributed by atoms with van der Waals surface area (Å²) in [5.41, 5.74) is -0.422. The fraction of sp³-hybridized carbons (Fsp3) is 0.167. The van der Waals surface area contributed by atoms with Crippen molar-refractivity contribution in [2.45, 2.75) is 13.3 Å². The van der Waals surface area contributed by atoms with Crippen LogP contribution in [-0.4, -0.2) is 9.55 Å². The molecule has 2 rings (SSSR count). The van der Waals surface area contributed by atoms with Gasteiger partial charge in [-0.2, -0.15) is 0 Å². The lowest BCUT2D eigenvalue weighted by molar-refractivity contribution is 0.841. The molecule has 0 saturated heterocycles. The summed E-state index contributed by atoms with van der Waals surface area (Å²) in [6.07, 6.45) is 0.417. The van der Waals surface area contributed by atoms with E-state index in [1.807, 2.05) is 0 Å². The van der Waals surface area contributed by atoms with Gasteiger partial charge < -0.3 is 0 Å². The highest BCUT2D eigenvalue weighted by atomic mass is 79.9. The maximum atomic E-state index is 12.3. The van der Waals surface area contributed by atoms with Crippen LogP contribution in [0.3, 0.4) is 0 Å². The molecule has 1 heterocycles. The Labute approximate surface area is 127 Å². The van der Waals surface area contributed by atoms with Crippen molar-refractivity contribution >= 4 is 39.1 Å². The van der Waals surface area contributed by atoms with E-state index < -0.39 is 11.2 Å². The highest BCUT2D eigenvalue weighted by Gasteiger charge is 2.14. The molecule has 0 atom stereocenters. The van der Waals surface area contributed by atoms with Crippen molar-refractivity contribution in [2.75, 3.05) is 0 Å². The van der Waals surface area contributed by atoms with Crippen LogP contribution in [0, 0.1) is 0 Å². The Morgan fingerprint density at radius 1 is 1.32 bits per heavy atom. The molecular weight excluding hydrogens is 355 g/mol. The molecule has 0 bridgehead atoms. The quantitative estimate of drug-likeness (QED) is 0.833. The van der Waals surface area contributed by atoms with Gasteiger partial charge in [0.05, 0.1) is 16.3 Å². The van der Waals surface area contributed by atoms with Gasteiger partial charge in [-0.25, -0.2) is 9.36 Å². The van der Waals surface area contributed by atoms with Gasteiger partial charge in [-0.3, -0.25) is 9.78 Å². The fourth-order valence-electron chi connectivity index (χ4n) is 1.73. The summed E-state index contributed by atoms with van der Waals surface area (Å²) in [7, 11) is 0. The minimum absolute atomic E-state index is 0.0693. The van der Waals surface area contributed by atoms with E-state index in [0.717, 1.165) is 4.57 Å². The predicted octanol–water partition coefficient (Wildman–Crippen LogP) is 3.16. The zero-order valence-corrected chi connectivity index (χ0v) is 12.9. The molecule has 1 aromatic carbocycles. The number of nitrogens with one attached hydrogen (secondary N) is 1. The summed E-state index contributed by atoms with van der Waals surface area (Å²) in [4.78, 5) is 26.7. The SMILES string of the molecule is CCc1c(Cl)[nH]c(=O)n(-c2cc(Br)ccc2Cl)c1=O. The number of benzene rings is 1. The summed E-state index contributed by atoms with van der Waals surface area (Å²) in [6, 6.07) is 4.93. The van der Waals surface area contributed by atoms with Gasteiger partial charge in [-0.15, -0.1) is 0 Å². The largest absolute Gasteiger partial charge is 0.334 e. The lowest BCUT2D eigenvalue weighted by Gasteiger charge is -2.09. The van der Waals surface area contributed by atoms with Gasteiger partial charge in [0.1, 0.15) is 5.15 Å². The molecular formula is C12H9BrCl2N2O2. The zero-order chi connectivity index (χ0) is 14.2. The second-order valence-electron chi connectivity index (χ2n) is 3.81. The summed E-state index contributed by atoms with van der Waals surface area (Å²) >= 11 is 15.2. The average molecular weight is 364 g/mol. The lowest BCUT2D eigenvalue weighted by atomic mass is 10.2. The molecule has 0 radical (unpaired) electrons. The van der Waals surface area contributed by atoms with Gasteiger partial charge in [0.25, 0.3) is 5.56 Å². The van der Waals surface area contributed by atoms with E-state index in [-0.39, 0.29) is 5.15 Å². The van der Waals surface area contributed by atoms with Gasteiger partial charge in [0.2, 0.25) is 0 Å². The van der Waals surface area contributed by atoms with E-state index in [0.29, 0.717) is 27.2 Å². The molecule has 1 aromatic heterocycles. The fourth-order valence-corrected chi connectivity index (χ4v) is 2.58. The number of aromatic amines is 1. The van der Waals surface area contributed by atoms with Crippen LogP contribution >= 0.6 is 39.1 Å². The number of aromatic nitrogens is 2. The van der Waals surface area contributed by atoms with Crippen molar-refractivity contribution in [2.24, 2.45) is 0 Å². The van der Waals surface area contributed by atoms with E-state index in [4.69, 9.17) is 23.2 Å². The number of nitrogens with zero attached hydrogens (tertiary/aromatic N) is 1. The third kappa shape index (κ3) is 2.63. The van der Waals surface area contributed by atoms with E-state index in [2.05, 4.69) is 20.9 Å². The lowest BCUT2D eigenvalue weighted by Crippen LogP contribution is -2.36. The molecule has 1 N–H and O–H groups in total. The van der Waals surface area contributed by atoms with Crippen LogP contribution in [0.2, 0.25) is 10.2 Å². The zero-order valence-electron chi connectivity index (χ0n) is 9.84. The Bertz CT molecular complexity index is 752. The first-order chi connectivity index (χ1) is 8.95. The molecule has 0 spiro atoms. The minimum atomic E-state index is -0.618. The second kappa shape index (κ2) is 5.53. The molecule has 7 heteroatoms. The summed E-state index contributed by atoms with van der Waals surface area (Å²) in [5, 5.41) is 0.375. The Balaban J connectivity index is 2.87. The predicted molar refractivity (Wildman–Crippen MR) is 79.8 cm³/mol. The number of hydrogen-bond acceptors (Lipinski definition) is 2. The number of H-pyrrole nitrogens is 1. The summed E-state index contributed by atoms with van der Waals surface area (Å²) in [6.45, 7) is 1.79. The van der Waals surface area contributed by atoms with Gasteiger partial charge in [-0.1, -0.05) is 46.1 Å². The number of rotatable bonds is 2. The normalized spacial score (nSPS) is 10.7. The number of hydrogen-bond donors (Lipinski definition) is 1. The highest BCUT2D eigenvalue weighted by molar-refractivity contribution is 9.10. The first-order valence-electron chi connectivity index (χ1n) is 5.44. The summed E-state index contributed by atoms with van der Waals surface area (Å²) < 4.78 is 1.70. The van der Waals surface area contributed by atoms with Crippen LogP contribution in [0.1, 0.15) is 12.5 Å². The maximum Gasteiger partial charge on any atom is 0.334 e. The monoisotopic (exact) mass is 362 g/mol. The van der Waals surface area contributed by atoms with Crippen LogP contribution in [0.25, 0.3) is 5.69 Å². The van der Waals surface area contributed by atoms with E-state index in [9.17, 15) is 9.59 Å².